The van der Waals surface area contributed by atoms with Crippen molar-refractivity contribution in [2.75, 3.05) is 0 Å². The fourth-order valence-electron chi connectivity index (χ4n) is 3.56. The van der Waals surface area contributed by atoms with Crippen molar-refractivity contribution in [2.24, 2.45) is 23.3 Å². The van der Waals surface area contributed by atoms with Crippen molar-refractivity contribution in [3.63, 3.8) is 0 Å². The minimum atomic E-state index is -1.25. The molecule has 206 valence electrons. The number of carbonyl (C=O) groups excluding carboxylic acids is 4. The Balaban J connectivity index is 2.95. The Morgan fingerprint density at radius 2 is 1.43 bits per heavy atom. The van der Waals surface area contributed by atoms with Gasteiger partial charge in [-0.2, -0.15) is 0 Å². The van der Waals surface area contributed by atoms with Crippen molar-refractivity contribution in [1.82, 2.24) is 16.0 Å². The molecule has 0 aliphatic carbocycles. The molecule has 1 rings (SSSR count). The lowest BCUT2D eigenvalue weighted by atomic mass is 10.00. The van der Waals surface area contributed by atoms with E-state index in [1.54, 1.807) is 39.8 Å². The number of carboxylic acids is 1. The molecule has 0 fully saturated rings. The maximum atomic E-state index is 13.1. The third-order valence-electron chi connectivity index (χ3n) is 5.61. The Labute approximate surface area is 216 Å². The number of rotatable bonds is 15. The third kappa shape index (κ3) is 11.3. The van der Waals surface area contributed by atoms with Gasteiger partial charge in [-0.1, -0.05) is 39.8 Å². The summed E-state index contributed by atoms with van der Waals surface area (Å²) in [4.78, 5) is 61.6. The van der Waals surface area contributed by atoms with Gasteiger partial charge in [0.05, 0.1) is 6.04 Å². The summed E-state index contributed by atoms with van der Waals surface area (Å²) in [5, 5.41) is 26.4. The van der Waals surface area contributed by atoms with Gasteiger partial charge in [0.1, 0.15) is 23.9 Å². The van der Waals surface area contributed by atoms with Crippen LogP contribution in [0.5, 0.6) is 5.75 Å². The predicted octanol–water partition coefficient (Wildman–Crippen LogP) is -0.231. The van der Waals surface area contributed by atoms with Crippen LogP contribution in [0, 0.1) is 11.8 Å². The van der Waals surface area contributed by atoms with Crippen LogP contribution in [0.2, 0.25) is 0 Å². The SMILES string of the molecule is CC(C)CC(NC(=O)C(CCC(N)=O)NC(=O)C(NC(=O)C(N)Cc1ccc(O)cc1)C(C)C)C(=O)O. The number of carbonyl (C=O) groups is 5. The Morgan fingerprint density at radius 1 is 0.865 bits per heavy atom. The minimum absolute atomic E-state index is 0.0219. The highest BCUT2D eigenvalue weighted by Crippen LogP contribution is 2.12. The van der Waals surface area contributed by atoms with Crippen LogP contribution >= 0.6 is 0 Å². The maximum Gasteiger partial charge on any atom is 0.326 e. The maximum absolute atomic E-state index is 13.1. The van der Waals surface area contributed by atoms with Crippen molar-refractivity contribution in [2.45, 2.75) is 77.5 Å². The number of hydrogen-bond donors (Lipinski definition) is 7. The third-order valence-corrected chi connectivity index (χ3v) is 5.61. The molecule has 0 aliphatic rings. The summed E-state index contributed by atoms with van der Waals surface area (Å²) in [5.74, 6) is -4.32. The monoisotopic (exact) mass is 521 g/mol. The van der Waals surface area contributed by atoms with Crippen LogP contribution < -0.4 is 27.4 Å². The lowest BCUT2D eigenvalue weighted by Gasteiger charge is -2.27. The zero-order valence-electron chi connectivity index (χ0n) is 21.7. The second kappa shape index (κ2) is 14.8. The molecular weight excluding hydrogens is 482 g/mol. The number of nitrogens with two attached hydrogens (primary N) is 2. The highest BCUT2D eigenvalue weighted by atomic mass is 16.4. The molecular formula is C25H39N5O7. The van der Waals surface area contributed by atoms with Crippen LogP contribution in [-0.2, 0) is 30.4 Å². The Morgan fingerprint density at radius 3 is 1.92 bits per heavy atom. The van der Waals surface area contributed by atoms with Gasteiger partial charge in [0, 0.05) is 6.42 Å². The van der Waals surface area contributed by atoms with Crippen molar-refractivity contribution in [1.29, 1.82) is 0 Å². The van der Waals surface area contributed by atoms with Gasteiger partial charge in [0.15, 0.2) is 0 Å². The summed E-state index contributed by atoms with van der Waals surface area (Å²) in [6.45, 7) is 6.99. The summed E-state index contributed by atoms with van der Waals surface area (Å²) in [7, 11) is 0. The zero-order chi connectivity index (χ0) is 28.3. The van der Waals surface area contributed by atoms with E-state index in [1.165, 1.54) is 12.1 Å². The topological polar surface area (TPSA) is 214 Å². The van der Waals surface area contributed by atoms with E-state index >= 15 is 0 Å². The number of primary amides is 1. The van der Waals surface area contributed by atoms with E-state index in [0.717, 1.165) is 0 Å². The molecule has 12 nitrogen and oxygen atoms in total. The predicted molar refractivity (Wildman–Crippen MR) is 136 cm³/mol. The molecule has 0 saturated carbocycles. The molecule has 9 N–H and O–H groups in total. The molecule has 4 unspecified atom stereocenters. The lowest BCUT2D eigenvalue weighted by molar-refractivity contribution is -0.143. The number of phenols is 1. The first-order valence-corrected chi connectivity index (χ1v) is 12.2. The average Bonchev–Trinajstić information content (AvgIpc) is 2.79. The summed E-state index contributed by atoms with van der Waals surface area (Å²) in [5.41, 5.74) is 11.9. The second-order valence-electron chi connectivity index (χ2n) is 9.80. The average molecular weight is 522 g/mol. The molecule has 0 aliphatic heterocycles. The highest BCUT2D eigenvalue weighted by molar-refractivity contribution is 5.94. The Bertz CT molecular complexity index is 949. The van der Waals surface area contributed by atoms with Crippen LogP contribution in [0.1, 0.15) is 52.5 Å². The van der Waals surface area contributed by atoms with Crippen molar-refractivity contribution < 1.29 is 34.2 Å². The number of carboxylic acid groups (broad SMARTS) is 1. The van der Waals surface area contributed by atoms with Gasteiger partial charge < -0.3 is 37.6 Å². The van der Waals surface area contributed by atoms with Crippen LogP contribution in [-0.4, -0.2) is 64.0 Å². The van der Waals surface area contributed by atoms with Crippen molar-refractivity contribution in [3.05, 3.63) is 29.8 Å². The van der Waals surface area contributed by atoms with Gasteiger partial charge >= 0.3 is 5.97 Å². The molecule has 0 heterocycles. The van der Waals surface area contributed by atoms with Crippen molar-refractivity contribution in [3.8, 4) is 5.75 Å². The first-order valence-electron chi connectivity index (χ1n) is 12.2. The minimum Gasteiger partial charge on any atom is -0.508 e. The number of hydrogen-bond acceptors (Lipinski definition) is 7. The lowest BCUT2D eigenvalue weighted by Crippen LogP contribution is -2.58. The fourth-order valence-corrected chi connectivity index (χ4v) is 3.56. The molecule has 1 aromatic carbocycles. The van der Waals surface area contributed by atoms with Crippen LogP contribution in [0.25, 0.3) is 0 Å². The summed E-state index contributed by atoms with van der Waals surface area (Å²) in [6, 6.07) is 1.71. The molecule has 4 atom stereocenters. The molecule has 0 spiro atoms. The van der Waals surface area contributed by atoms with E-state index in [2.05, 4.69) is 16.0 Å². The normalized spacial score (nSPS) is 14.4. The zero-order valence-corrected chi connectivity index (χ0v) is 21.7. The standard InChI is InChI=1S/C25H39N5O7/c1-13(2)11-19(25(36)37)29-23(34)18(9-10-20(27)32)28-24(35)21(14(3)4)30-22(33)17(26)12-15-5-7-16(31)8-6-15/h5-8,13-14,17-19,21,31H,9-12,26H2,1-4H3,(H2,27,32)(H,28,35)(H,29,34)(H,30,33)(H,36,37). The molecule has 0 aromatic heterocycles. The summed E-state index contributed by atoms with van der Waals surface area (Å²) in [6.07, 6.45) is -0.0493. The summed E-state index contributed by atoms with van der Waals surface area (Å²) >= 11 is 0. The van der Waals surface area contributed by atoms with Gasteiger partial charge in [-0.25, -0.2) is 4.79 Å². The van der Waals surface area contributed by atoms with E-state index in [0.29, 0.717) is 5.56 Å². The molecule has 1 aromatic rings. The number of phenolic OH excluding ortho intramolecular Hbond substituents is 1. The molecule has 0 radical (unpaired) electrons. The quantitative estimate of drug-likeness (QED) is 0.163. The van der Waals surface area contributed by atoms with Crippen LogP contribution in [0.15, 0.2) is 24.3 Å². The molecule has 0 saturated heterocycles. The van der Waals surface area contributed by atoms with E-state index in [-0.39, 0.29) is 37.4 Å². The van der Waals surface area contributed by atoms with E-state index < -0.39 is 59.7 Å². The number of aliphatic carboxylic acids is 1. The van der Waals surface area contributed by atoms with Crippen LogP contribution in [0.4, 0.5) is 0 Å². The van der Waals surface area contributed by atoms with E-state index in [9.17, 15) is 34.2 Å². The first kappa shape index (κ1) is 31.4. The number of aromatic hydroxyl groups is 1. The summed E-state index contributed by atoms with van der Waals surface area (Å²) < 4.78 is 0. The first-order chi connectivity index (χ1) is 17.2. The molecule has 4 amide bonds. The smallest absolute Gasteiger partial charge is 0.326 e. The number of nitrogens with one attached hydrogen (secondary N) is 3. The largest absolute Gasteiger partial charge is 0.508 e. The van der Waals surface area contributed by atoms with Gasteiger partial charge in [-0.05, 0) is 48.8 Å². The van der Waals surface area contributed by atoms with Gasteiger partial charge in [0.2, 0.25) is 23.6 Å². The Hall–Kier alpha value is -3.67. The number of benzene rings is 1. The van der Waals surface area contributed by atoms with Gasteiger partial charge in [0.25, 0.3) is 0 Å². The van der Waals surface area contributed by atoms with Crippen molar-refractivity contribution >= 4 is 29.6 Å². The highest BCUT2D eigenvalue weighted by Gasteiger charge is 2.32. The van der Waals surface area contributed by atoms with E-state index in [4.69, 9.17) is 11.5 Å². The molecule has 0 bridgehead atoms. The second-order valence-corrected chi connectivity index (χ2v) is 9.80. The fraction of sp³-hybridized carbons (Fsp3) is 0.560. The van der Waals surface area contributed by atoms with Crippen LogP contribution in [0.3, 0.4) is 0 Å². The van der Waals surface area contributed by atoms with Gasteiger partial charge in [-0.3, -0.25) is 19.2 Å². The molecule has 37 heavy (non-hydrogen) atoms. The number of amides is 4. The van der Waals surface area contributed by atoms with E-state index in [1.807, 2.05) is 0 Å². The molecule has 12 heteroatoms. The van der Waals surface area contributed by atoms with Gasteiger partial charge in [-0.15, -0.1) is 0 Å². The Kier molecular flexibility index (Phi) is 12.5.